The Morgan fingerprint density at radius 2 is 1.97 bits per heavy atom. The summed E-state index contributed by atoms with van der Waals surface area (Å²) in [5.74, 6) is 1.56. The number of aromatic carboxylic acids is 1. The Morgan fingerprint density at radius 1 is 1.17 bits per heavy atom. The maximum atomic E-state index is 13.0. The fourth-order valence-electron chi connectivity index (χ4n) is 4.78. The van der Waals surface area contributed by atoms with E-state index in [9.17, 15) is 9.59 Å². The van der Waals surface area contributed by atoms with E-state index in [1.165, 1.54) is 31.0 Å². The quantitative estimate of drug-likeness (QED) is 0.547. The zero-order chi connectivity index (χ0) is 20.1. The second-order valence-electron chi connectivity index (χ2n) is 7.88. The van der Waals surface area contributed by atoms with Gasteiger partial charge in [-0.3, -0.25) is 9.69 Å². The molecule has 1 aliphatic heterocycles. The number of hydrogen-bond acceptors (Lipinski definition) is 5. The van der Waals surface area contributed by atoms with Crippen molar-refractivity contribution < 1.29 is 19.1 Å². The Kier molecular flexibility index (Phi) is 4.59. The highest BCUT2D eigenvalue weighted by molar-refractivity contribution is 8.26. The van der Waals surface area contributed by atoms with Gasteiger partial charge in [0, 0.05) is 17.7 Å². The Morgan fingerprint density at radius 3 is 2.62 bits per heavy atom. The minimum Gasteiger partial charge on any atom is -0.478 e. The lowest BCUT2D eigenvalue weighted by atomic mass is 9.94. The Hall–Kier alpha value is -2.38. The summed E-state index contributed by atoms with van der Waals surface area (Å²) < 4.78 is 6.52. The van der Waals surface area contributed by atoms with Crippen molar-refractivity contribution in [3.8, 4) is 11.3 Å². The third-order valence-electron chi connectivity index (χ3n) is 6.17. The van der Waals surface area contributed by atoms with Gasteiger partial charge < -0.3 is 9.52 Å². The molecule has 2 bridgehead atoms. The van der Waals surface area contributed by atoms with Gasteiger partial charge in [0.25, 0.3) is 5.91 Å². The Bertz CT molecular complexity index is 1040. The van der Waals surface area contributed by atoms with E-state index in [2.05, 4.69) is 0 Å². The molecule has 3 unspecified atom stereocenters. The van der Waals surface area contributed by atoms with Gasteiger partial charge in [0.15, 0.2) is 0 Å². The predicted molar refractivity (Wildman–Crippen MR) is 115 cm³/mol. The molecule has 5 rings (SSSR count). The van der Waals surface area contributed by atoms with E-state index in [0.29, 0.717) is 26.7 Å². The number of carbonyl (C=O) groups is 2. The van der Waals surface area contributed by atoms with Crippen LogP contribution in [-0.4, -0.2) is 32.2 Å². The molecule has 29 heavy (non-hydrogen) atoms. The summed E-state index contributed by atoms with van der Waals surface area (Å²) >= 11 is 6.87. The van der Waals surface area contributed by atoms with Crippen molar-refractivity contribution in [3.63, 3.8) is 0 Å². The number of benzene rings is 1. The zero-order valence-corrected chi connectivity index (χ0v) is 17.2. The topological polar surface area (TPSA) is 70.8 Å². The maximum absolute atomic E-state index is 13.0. The molecule has 3 atom stereocenters. The maximum Gasteiger partial charge on any atom is 0.335 e. The second-order valence-corrected chi connectivity index (χ2v) is 9.55. The molecular formula is C22H19NO4S2. The molecule has 1 aromatic carbocycles. The molecule has 1 amide bonds. The first-order valence-corrected chi connectivity index (χ1v) is 10.9. The van der Waals surface area contributed by atoms with Crippen LogP contribution in [0.5, 0.6) is 0 Å². The summed E-state index contributed by atoms with van der Waals surface area (Å²) in [5, 5.41) is 9.01. The van der Waals surface area contributed by atoms with Crippen LogP contribution in [0.3, 0.4) is 0 Å². The van der Waals surface area contributed by atoms with Crippen molar-refractivity contribution in [1.82, 2.24) is 4.90 Å². The van der Waals surface area contributed by atoms with E-state index in [-0.39, 0.29) is 17.5 Å². The average molecular weight is 426 g/mol. The van der Waals surface area contributed by atoms with Gasteiger partial charge in [0.05, 0.1) is 10.5 Å². The van der Waals surface area contributed by atoms with Crippen molar-refractivity contribution in [2.45, 2.75) is 31.7 Å². The Labute approximate surface area is 177 Å². The largest absolute Gasteiger partial charge is 0.478 e. The number of amides is 1. The summed E-state index contributed by atoms with van der Waals surface area (Å²) in [7, 11) is 0. The number of carbonyl (C=O) groups excluding carboxylic acids is 1. The molecule has 7 heteroatoms. The molecule has 3 aliphatic rings. The highest BCUT2D eigenvalue weighted by atomic mass is 32.2. The molecule has 1 saturated heterocycles. The molecule has 5 nitrogen and oxygen atoms in total. The first-order chi connectivity index (χ1) is 14.0. The Balaban J connectivity index is 1.35. The number of thioether (sulfide) groups is 1. The van der Waals surface area contributed by atoms with Gasteiger partial charge in [-0.1, -0.05) is 42.5 Å². The monoisotopic (exact) mass is 425 g/mol. The van der Waals surface area contributed by atoms with Crippen molar-refractivity contribution >= 4 is 46.3 Å². The van der Waals surface area contributed by atoms with Crippen LogP contribution in [0.2, 0.25) is 0 Å². The molecule has 0 spiro atoms. The number of furan rings is 1. The van der Waals surface area contributed by atoms with Crippen LogP contribution >= 0.6 is 24.0 Å². The van der Waals surface area contributed by atoms with Crippen molar-refractivity contribution in [3.05, 3.63) is 52.6 Å². The van der Waals surface area contributed by atoms with E-state index in [1.807, 2.05) is 17.0 Å². The zero-order valence-electron chi connectivity index (χ0n) is 15.5. The highest BCUT2D eigenvalue weighted by Crippen LogP contribution is 2.49. The lowest BCUT2D eigenvalue weighted by Crippen LogP contribution is -2.41. The molecule has 2 aliphatic carbocycles. The minimum atomic E-state index is -0.964. The van der Waals surface area contributed by atoms with Gasteiger partial charge in [-0.05, 0) is 55.4 Å². The van der Waals surface area contributed by atoms with Crippen LogP contribution in [0, 0.1) is 11.8 Å². The number of thiocarbonyl (C=S) groups is 1. The molecule has 3 fully saturated rings. The number of nitrogens with zero attached hydrogens (tertiary/aromatic N) is 1. The van der Waals surface area contributed by atoms with Crippen LogP contribution in [-0.2, 0) is 4.79 Å². The van der Waals surface area contributed by atoms with Gasteiger partial charge in [-0.25, -0.2) is 4.79 Å². The van der Waals surface area contributed by atoms with Crippen molar-refractivity contribution in [2.75, 3.05) is 0 Å². The van der Waals surface area contributed by atoms with E-state index in [0.717, 1.165) is 17.9 Å². The van der Waals surface area contributed by atoms with E-state index < -0.39 is 5.97 Å². The average Bonchev–Trinajstić information content (AvgIpc) is 3.48. The third-order valence-corrected chi connectivity index (χ3v) is 7.50. The lowest BCUT2D eigenvalue weighted by Gasteiger charge is -2.30. The summed E-state index contributed by atoms with van der Waals surface area (Å²) in [5.41, 5.74) is 1.01. The predicted octanol–water partition coefficient (Wildman–Crippen LogP) is 5.03. The standard InChI is InChI=1S/C22H19NO4S2/c24-20-19(29-22(28)23(20)17-10-12-1-2-15(17)9-12)11-16-7-8-18(27-16)13-3-5-14(6-4-13)21(25)26/h3-8,11-12,15,17H,1-2,9-10H2,(H,25,26). The van der Waals surface area contributed by atoms with Crippen LogP contribution in [0.4, 0.5) is 0 Å². The molecule has 0 radical (unpaired) electrons. The molecule has 1 N–H and O–H groups in total. The number of carboxylic acid groups (broad SMARTS) is 1. The lowest BCUT2D eigenvalue weighted by molar-refractivity contribution is -0.124. The second kappa shape index (κ2) is 7.15. The molecular weight excluding hydrogens is 406 g/mol. The van der Waals surface area contributed by atoms with Gasteiger partial charge in [0.2, 0.25) is 0 Å². The van der Waals surface area contributed by atoms with Crippen LogP contribution < -0.4 is 0 Å². The molecule has 2 aromatic rings. The van der Waals surface area contributed by atoms with Crippen LogP contribution in [0.15, 0.2) is 45.7 Å². The molecule has 2 saturated carbocycles. The first kappa shape index (κ1) is 18.6. The molecule has 148 valence electrons. The molecule has 2 heterocycles. The normalized spacial score (nSPS) is 27.4. The number of hydrogen-bond donors (Lipinski definition) is 1. The first-order valence-electron chi connectivity index (χ1n) is 9.70. The number of carboxylic acids is 1. The summed E-state index contributed by atoms with van der Waals surface area (Å²) in [6.45, 7) is 0. The van der Waals surface area contributed by atoms with Gasteiger partial charge in [0.1, 0.15) is 15.8 Å². The van der Waals surface area contributed by atoms with Crippen molar-refractivity contribution in [2.24, 2.45) is 11.8 Å². The van der Waals surface area contributed by atoms with Crippen LogP contribution in [0.1, 0.15) is 41.8 Å². The molecule has 1 aromatic heterocycles. The number of rotatable bonds is 4. The van der Waals surface area contributed by atoms with E-state index in [4.69, 9.17) is 21.7 Å². The van der Waals surface area contributed by atoms with Gasteiger partial charge >= 0.3 is 5.97 Å². The number of fused-ring (bicyclic) bond motifs is 2. The summed E-state index contributed by atoms with van der Waals surface area (Å²) in [6, 6.07) is 10.4. The fourth-order valence-corrected chi connectivity index (χ4v) is 6.14. The van der Waals surface area contributed by atoms with Gasteiger partial charge in [-0.2, -0.15) is 0 Å². The third kappa shape index (κ3) is 3.32. The smallest absolute Gasteiger partial charge is 0.335 e. The van der Waals surface area contributed by atoms with E-state index >= 15 is 0 Å². The minimum absolute atomic E-state index is 0.0127. The van der Waals surface area contributed by atoms with Crippen LogP contribution in [0.25, 0.3) is 17.4 Å². The summed E-state index contributed by atoms with van der Waals surface area (Å²) in [6.07, 6.45) is 6.54. The SMILES string of the molecule is O=C(O)c1ccc(-c2ccc(C=C3SC(=S)N(C4CC5CCC4C5)C3=O)o2)cc1. The fraction of sp³-hybridized carbons (Fsp3) is 0.318. The van der Waals surface area contributed by atoms with E-state index in [1.54, 1.807) is 30.3 Å². The van der Waals surface area contributed by atoms with Crippen molar-refractivity contribution in [1.29, 1.82) is 0 Å². The summed E-state index contributed by atoms with van der Waals surface area (Å²) in [4.78, 5) is 26.4. The highest BCUT2D eigenvalue weighted by Gasteiger charge is 2.47. The van der Waals surface area contributed by atoms with Gasteiger partial charge in [-0.15, -0.1) is 0 Å².